The van der Waals surface area contributed by atoms with Crippen molar-refractivity contribution in [2.75, 3.05) is 0 Å². The second-order valence-electron chi connectivity index (χ2n) is 2.00. The molecule has 1 aromatic rings. The van der Waals surface area contributed by atoms with Gasteiger partial charge in [0.15, 0.2) is 0 Å². The van der Waals surface area contributed by atoms with Crippen LogP contribution in [0.4, 0.5) is 0 Å². The minimum absolute atomic E-state index is 0.514. The monoisotopic (exact) mass is 228 g/mol. The molecule has 0 radical (unpaired) electrons. The number of halogens is 1. The Balaban J connectivity index is 2.89. The smallest absolute Gasteiger partial charge is 0.235 e. The fourth-order valence-corrected chi connectivity index (χ4v) is 1.01. The first-order valence-corrected chi connectivity index (χ1v) is 3.90. The summed E-state index contributed by atoms with van der Waals surface area (Å²) >= 11 is 3.23. The van der Waals surface area contributed by atoms with Crippen LogP contribution in [0, 0.1) is 10.1 Å². The zero-order valence-electron chi connectivity index (χ0n) is 5.98. The Hall–Kier alpha value is -1.23. The van der Waals surface area contributed by atoms with Crippen LogP contribution in [0.3, 0.4) is 0 Å². The van der Waals surface area contributed by atoms with Gasteiger partial charge >= 0.3 is 0 Å². The number of rotatable bonds is 2. The molecule has 0 aliphatic rings. The van der Waals surface area contributed by atoms with E-state index in [1.54, 1.807) is 18.5 Å². The third-order valence-electron chi connectivity index (χ3n) is 1.17. The fourth-order valence-electron chi connectivity index (χ4n) is 0.653. The van der Waals surface area contributed by atoms with Crippen molar-refractivity contribution < 1.29 is 4.92 Å². The van der Waals surface area contributed by atoms with Crippen LogP contribution in [0.2, 0.25) is 0 Å². The Morgan fingerprint density at radius 3 is 3.00 bits per heavy atom. The highest BCUT2D eigenvalue weighted by molar-refractivity contribution is 9.10. The first-order valence-electron chi connectivity index (χ1n) is 3.11. The highest BCUT2D eigenvalue weighted by Gasteiger charge is 1.95. The highest BCUT2D eigenvalue weighted by atomic mass is 79.9. The number of pyridine rings is 1. The molecule has 0 atom stereocenters. The van der Waals surface area contributed by atoms with E-state index < -0.39 is 4.92 Å². The van der Waals surface area contributed by atoms with Crippen molar-refractivity contribution >= 4 is 22.0 Å². The van der Waals surface area contributed by atoms with Crippen LogP contribution in [0.25, 0.3) is 6.08 Å². The van der Waals surface area contributed by atoms with Crippen LogP contribution in [0.1, 0.15) is 5.56 Å². The second-order valence-corrected chi connectivity index (χ2v) is 2.85. The molecule has 12 heavy (non-hydrogen) atoms. The molecule has 0 unspecified atom stereocenters. The van der Waals surface area contributed by atoms with Gasteiger partial charge in [-0.2, -0.15) is 0 Å². The van der Waals surface area contributed by atoms with E-state index in [0.717, 1.165) is 10.7 Å². The van der Waals surface area contributed by atoms with E-state index in [9.17, 15) is 10.1 Å². The average molecular weight is 229 g/mol. The van der Waals surface area contributed by atoms with Gasteiger partial charge in [0.25, 0.3) is 0 Å². The summed E-state index contributed by atoms with van der Waals surface area (Å²) in [5.74, 6) is 0. The summed E-state index contributed by atoms with van der Waals surface area (Å²) in [6.45, 7) is 0. The Morgan fingerprint density at radius 2 is 2.42 bits per heavy atom. The van der Waals surface area contributed by atoms with Crippen LogP contribution in [-0.4, -0.2) is 9.91 Å². The Labute approximate surface area is 77.2 Å². The van der Waals surface area contributed by atoms with E-state index in [1.807, 2.05) is 0 Å². The van der Waals surface area contributed by atoms with Crippen molar-refractivity contribution in [1.82, 2.24) is 4.98 Å². The number of nitrogens with zero attached hydrogens (tertiary/aromatic N) is 2. The molecule has 0 saturated heterocycles. The number of aromatic nitrogens is 1. The Bertz CT molecular complexity index is 325. The van der Waals surface area contributed by atoms with Gasteiger partial charge < -0.3 is 0 Å². The number of hydrogen-bond donors (Lipinski definition) is 0. The largest absolute Gasteiger partial charge is 0.264 e. The van der Waals surface area contributed by atoms with Gasteiger partial charge in [-0.3, -0.25) is 15.1 Å². The average Bonchev–Trinajstić information content (AvgIpc) is 2.03. The van der Waals surface area contributed by atoms with Crippen LogP contribution >= 0.6 is 15.9 Å². The molecule has 0 saturated carbocycles. The number of nitro groups is 1. The molecule has 1 heterocycles. The molecular formula is C7H5BrN2O2. The van der Waals surface area contributed by atoms with Crippen LogP contribution in [0.15, 0.2) is 29.1 Å². The van der Waals surface area contributed by atoms with E-state index in [4.69, 9.17) is 0 Å². The maximum absolute atomic E-state index is 9.97. The molecule has 1 rings (SSSR count). The standard InChI is InChI=1S/C7H5BrN2O2/c8-7-1-3-9-5-6(7)2-4-10(11)12/h1-5H. The molecule has 0 spiro atoms. The van der Waals surface area contributed by atoms with E-state index in [0.29, 0.717) is 5.56 Å². The normalized spacial score (nSPS) is 10.4. The second kappa shape index (κ2) is 3.96. The van der Waals surface area contributed by atoms with E-state index in [-0.39, 0.29) is 0 Å². The van der Waals surface area contributed by atoms with Gasteiger partial charge in [0, 0.05) is 28.5 Å². The summed E-state index contributed by atoms with van der Waals surface area (Å²) in [6.07, 6.45) is 5.41. The van der Waals surface area contributed by atoms with Gasteiger partial charge in [-0.15, -0.1) is 0 Å². The highest BCUT2D eigenvalue weighted by Crippen LogP contribution is 2.15. The first kappa shape index (κ1) is 8.86. The maximum atomic E-state index is 9.97. The van der Waals surface area contributed by atoms with E-state index in [2.05, 4.69) is 20.9 Å². The lowest BCUT2D eigenvalue weighted by Gasteiger charge is -1.92. The molecule has 0 aromatic carbocycles. The molecule has 0 aliphatic carbocycles. The van der Waals surface area contributed by atoms with Gasteiger partial charge in [-0.25, -0.2) is 0 Å². The molecular weight excluding hydrogens is 224 g/mol. The van der Waals surface area contributed by atoms with Crippen LogP contribution in [-0.2, 0) is 0 Å². The molecule has 62 valence electrons. The van der Waals surface area contributed by atoms with Gasteiger partial charge in [0.2, 0.25) is 6.20 Å². The zero-order valence-corrected chi connectivity index (χ0v) is 7.56. The summed E-state index contributed by atoms with van der Waals surface area (Å²) < 4.78 is 0.788. The van der Waals surface area contributed by atoms with Crippen molar-refractivity contribution in [2.45, 2.75) is 0 Å². The SMILES string of the molecule is O=[N+]([O-])C=Cc1cnccc1Br. The van der Waals surface area contributed by atoms with Crippen LogP contribution < -0.4 is 0 Å². The van der Waals surface area contributed by atoms with Gasteiger partial charge in [0.05, 0.1) is 4.92 Å². The topological polar surface area (TPSA) is 56.0 Å². The molecule has 5 heteroatoms. The lowest BCUT2D eigenvalue weighted by Crippen LogP contribution is -1.83. The molecule has 0 amide bonds. The molecule has 0 bridgehead atoms. The zero-order chi connectivity index (χ0) is 8.97. The number of hydrogen-bond acceptors (Lipinski definition) is 3. The van der Waals surface area contributed by atoms with Crippen molar-refractivity contribution in [1.29, 1.82) is 0 Å². The van der Waals surface area contributed by atoms with Crippen molar-refractivity contribution in [3.63, 3.8) is 0 Å². The van der Waals surface area contributed by atoms with Gasteiger partial charge in [0.1, 0.15) is 0 Å². The third kappa shape index (κ3) is 2.43. The quantitative estimate of drug-likeness (QED) is 0.576. The summed E-state index contributed by atoms with van der Waals surface area (Å²) in [5, 5.41) is 9.97. The lowest BCUT2D eigenvalue weighted by atomic mass is 10.3. The van der Waals surface area contributed by atoms with Gasteiger partial charge in [-0.05, 0) is 6.07 Å². The van der Waals surface area contributed by atoms with E-state index >= 15 is 0 Å². The first-order chi connectivity index (χ1) is 5.70. The van der Waals surface area contributed by atoms with Crippen molar-refractivity contribution in [3.05, 3.63) is 44.8 Å². The summed E-state index contributed by atoms with van der Waals surface area (Å²) in [4.78, 5) is 13.3. The summed E-state index contributed by atoms with van der Waals surface area (Å²) in [7, 11) is 0. The van der Waals surface area contributed by atoms with Crippen molar-refractivity contribution in [2.24, 2.45) is 0 Å². The Morgan fingerprint density at radius 1 is 1.67 bits per heavy atom. The molecule has 4 nitrogen and oxygen atoms in total. The van der Waals surface area contributed by atoms with Crippen LogP contribution in [0.5, 0.6) is 0 Å². The molecule has 0 fully saturated rings. The molecule has 1 aromatic heterocycles. The molecule has 0 N–H and O–H groups in total. The third-order valence-corrected chi connectivity index (χ3v) is 1.89. The predicted molar refractivity (Wildman–Crippen MR) is 48.0 cm³/mol. The molecule has 0 aliphatic heterocycles. The summed E-state index contributed by atoms with van der Waals surface area (Å²) in [6, 6.07) is 1.72. The minimum atomic E-state index is -0.514. The van der Waals surface area contributed by atoms with Crippen molar-refractivity contribution in [3.8, 4) is 0 Å². The fraction of sp³-hybridized carbons (Fsp3) is 0. The lowest BCUT2D eigenvalue weighted by molar-refractivity contribution is -0.400. The minimum Gasteiger partial charge on any atom is -0.264 e. The predicted octanol–water partition coefficient (Wildman–Crippen LogP) is 2.09. The maximum Gasteiger partial charge on any atom is 0.235 e. The Kier molecular flexibility index (Phi) is 2.93. The summed E-state index contributed by atoms with van der Waals surface area (Å²) in [5.41, 5.74) is 0.689. The van der Waals surface area contributed by atoms with Gasteiger partial charge in [-0.1, -0.05) is 15.9 Å². The van der Waals surface area contributed by atoms with E-state index in [1.165, 1.54) is 6.08 Å².